The fourth-order valence-corrected chi connectivity index (χ4v) is 1.60. The van der Waals surface area contributed by atoms with Crippen molar-refractivity contribution < 1.29 is 0 Å². The zero-order valence-electron chi connectivity index (χ0n) is 9.07. The van der Waals surface area contributed by atoms with Crippen molar-refractivity contribution in [3.8, 4) is 0 Å². The molecule has 76 valence electrons. The molecule has 0 unspecified atom stereocenters. The first-order valence-corrected chi connectivity index (χ1v) is 5.00. The maximum Gasteiger partial charge on any atom is 0.127 e. The van der Waals surface area contributed by atoms with Crippen molar-refractivity contribution in [3.63, 3.8) is 0 Å². The average molecular weight is 190 g/mol. The lowest BCUT2D eigenvalue weighted by atomic mass is 9.88. The van der Waals surface area contributed by atoms with E-state index in [0.717, 1.165) is 5.56 Å². The Morgan fingerprint density at radius 1 is 1.43 bits per heavy atom. The van der Waals surface area contributed by atoms with Gasteiger partial charge in [-0.25, -0.2) is 4.98 Å². The summed E-state index contributed by atoms with van der Waals surface area (Å²) in [7, 11) is 0. The van der Waals surface area contributed by atoms with Crippen LogP contribution < -0.4 is 5.73 Å². The van der Waals surface area contributed by atoms with Gasteiger partial charge in [0, 0.05) is 17.7 Å². The SMILES string of the molecule is C/C=C/[C@H](c1cccnc1N)C(C)C. The molecule has 1 rings (SSSR count). The van der Waals surface area contributed by atoms with Crippen LogP contribution in [0.5, 0.6) is 0 Å². The van der Waals surface area contributed by atoms with Gasteiger partial charge in [0.15, 0.2) is 0 Å². The molecule has 0 aliphatic heterocycles. The van der Waals surface area contributed by atoms with Gasteiger partial charge in [0.25, 0.3) is 0 Å². The minimum absolute atomic E-state index is 0.369. The van der Waals surface area contributed by atoms with Crippen molar-refractivity contribution in [2.75, 3.05) is 5.73 Å². The zero-order valence-corrected chi connectivity index (χ0v) is 9.07. The van der Waals surface area contributed by atoms with Gasteiger partial charge in [0.1, 0.15) is 5.82 Å². The number of hydrogen-bond acceptors (Lipinski definition) is 2. The molecule has 14 heavy (non-hydrogen) atoms. The fourth-order valence-electron chi connectivity index (χ4n) is 1.60. The molecule has 1 aromatic rings. The van der Waals surface area contributed by atoms with Crippen molar-refractivity contribution in [1.29, 1.82) is 0 Å². The van der Waals surface area contributed by atoms with Crippen molar-refractivity contribution in [1.82, 2.24) is 4.98 Å². The molecular weight excluding hydrogens is 172 g/mol. The van der Waals surface area contributed by atoms with E-state index < -0.39 is 0 Å². The van der Waals surface area contributed by atoms with Crippen molar-refractivity contribution in [3.05, 3.63) is 36.0 Å². The molecule has 0 amide bonds. The predicted octanol–water partition coefficient (Wildman–Crippen LogP) is 2.98. The third-order valence-corrected chi connectivity index (χ3v) is 2.35. The van der Waals surface area contributed by atoms with E-state index >= 15 is 0 Å². The van der Waals surface area contributed by atoms with Gasteiger partial charge in [0.05, 0.1) is 0 Å². The molecule has 1 atom stereocenters. The van der Waals surface area contributed by atoms with Crippen LogP contribution in [0.25, 0.3) is 0 Å². The molecule has 2 heteroatoms. The Labute approximate surface area is 85.9 Å². The van der Waals surface area contributed by atoms with E-state index in [1.807, 2.05) is 19.1 Å². The standard InChI is InChI=1S/C12H18N2/c1-4-6-10(9(2)3)11-7-5-8-14-12(11)13/h4-10H,1-3H3,(H2,13,14)/b6-4+/t10-/m0/s1. The highest BCUT2D eigenvalue weighted by Gasteiger charge is 2.14. The molecule has 2 nitrogen and oxygen atoms in total. The van der Waals surface area contributed by atoms with Crippen LogP contribution in [0.4, 0.5) is 5.82 Å². The number of nitrogens with zero attached hydrogens (tertiary/aromatic N) is 1. The number of pyridine rings is 1. The van der Waals surface area contributed by atoms with Crippen LogP contribution in [0.15, 0.2) is 30.5 Å². The molecule has 1 heterocycles. The molecular formula is C12H18N2. The van der Waals surface area contributed by atoms with Crippen LogP contribution in [-0.2, 0) is 0 Å². The molecule has 0 saturated carbocycles. The Morgan fingerprint density at radius 2 is 2.14 bits per heavy atom. The number of nitrogen functional groups attached to an aromatic ring is 1. The van der Waals surface area contributed by atoms with Crippen LogP contribution in [0.3, 0.4) is 0 Å². The minimum atomic E-state index is 0.369. The van der Waals surface area contributed by atoms with Crippen molar-refractivity contribution in [2.24, 2.45) is 5.92 Å². The molecule has 0 bridgehead atoms. The van der Waals surface area contributed by atoms with Gasteiger partial charge in [0.2, 0.25) is 0 Å². The number of rotatable bonds is 3. The van der Waals surface area contributed by atoms with Gasteiger partial charge in [-0.05, 0) is 18.9 Å². The summed E-state index contributed by atoms with van der Waals surface area (Å²) in [6.07, 6.45) is 5.97. The maximum atomic E-state index is 5.84. The largest absolute Gasteiger partial charge is 0.383 e. The topological polar surface area (TPSA) is 38.9 Å². The van der Waals surface area contributed by atoms with Gasteiger partial charge < -0.3 is 5.73 Å². The third kappa shape index (κ3) is 2.34. The lowest BCUT2D eigenvalue weighted by molar-refractivity contribution is 0.578. The van der Waals surface area contributed by atoms with Gasteiger partial charge in [-0.15, -0.1) is 0 Å². The van der Waals surface area contributed by atoms with Gasteiger partial charge in [-0.2, -0.15) is 0 Å². The molecule has 2 N–H and O–H groups in total. The van der Waals surface area contributed by atoms with Gasteiger partial charge >= 0.3 is 0 Å². The maximum absolute atomic E-state index is 5.84. The predicted molar refractivity (Wildman–Crippen MR) is 61.0 cm³/mol. The summed E-state index contributed by atoms with van der Waals surface area (Å²) >= 11 is 0. The molecule has 0 radical (unpaired) electrons. The van der Waals surface area contributed by atoms with E-state index in [0.29, 0.717) is 17.7 Å². The minimum Gasteiger partial charge on any atom is -0.383 e. The smallest absolute Gasteiger partial charge is 0.127 e. The molecule has 0 saturated heterocycles. The summed E-state index contributed by atoms with van der Waals surface area (Å²) in [6, 6.07) is 3.98. The van der Waals surface area contributed by atoms with Crippen molar-refractivity contribution >= 4 is 5.82 Å². The Hall–Kier alpha value is -1.31. The summed E-state index contributed by atoms with van der Waals surface area (Å²) in [5.74, 6) is 1.55. The Balaban J connectivity index is 3.05. The van der Waals surface area contributed by atoms with E-state index in [1.54, 1.807) is 6.20 Å². The van der Waals surface area contributed by atoms with Gasteiger partial charge in [-0.3, -0.25) is 0 Å². The van der Waals surface area contributed by atoms with Crippen LogP contribution in [0.1, 0.15) is 32.3 Å². The van der Waals surface area contributed by atoms with E-state index in [2.05, 4.69) is 31.0 Å². The zero-order chi connectivity index (χ0) is 10.6. The molecule has 0 fully saturated rings. The first-order chi connectivity index (χ1) is 6.66. The molecule has 0 aliphatic carbocycles. The second-order valence-corrected chi connectivity index (χ2v) is 3.77. The quantitative estimate of drug-likeness (QED) is 0.744. The highest BCUT2D eigenvalue weighted by Crippen LogP contribution is 2.28. The first-order valence-electron chi connectivity index (χ1n) is 5.00. The Kier molecular flexibility index (Phi) is 3.69. The fraction of sp³-hybridized carbons (Fsp3) is 0.417. The number of hydrogen-bond donors (Lipinski definition) is 1. The lowest BCUT2D eigenvalue weighted by Crippen LogP contribution is -2.07. The van der Waals surface area contributed by atoms with E-state index in [9.17, 15) is 0 Å². The highest BCUT2D eigenvalue weighted by atomic mass is 14.8. The summed E-state index contributed by atoms with van der Waals surface area (Å²) in [5, 5.41) is 0. The summed E-state index contributed by atoms with van der Waals surface area (Å²) < 4.78 is 0. The highest BCUT2D eigenvalue weighted by molar-refractivity contribution is 5.43. The van der Waals surface area contributed by atoms with Crippen LogP contribution in [0, 0.1) is 5.92 Å². The number of anilines is 1. The number of allylic oxidation sites excluding steroid dienone is 2. The van der Waals surface area contributed by atoms with Crippen molar-refractivity contribution in [2.45, 2.75) is 26.7 Å². The number of nitrogens with two attached hydrogens (primary N) is 1. The van der Waals surface area contributed by atoms with E-state index in [-0.39, 0.29) is 0 Å². The third-order valence-electron chi connectivity index (χ3n) is 2.35. The summed E-state index contributed by atoms with van der Waals surface area (Å²) in [5.41, 5.74) is 6.97. The lowest BCUT2D eigenvalue weighted by Gasteiger charge is -2.18. The van der Waals surface area contributed by atoms with Crippen LogP contribution >= 0.6 is 0 Å². The Morgan fingerprint density at radius 3 is 2.64 bits per heavy atom. The second kappa shape index (κ2) is 4.80. The van der Waals surface area contributed by atoms with Crippen LogP contribution in [0.2, 0.25) is 0 Å². The van der Waals surface area contributed by atoms with Crippen LogP contribution in [-0.4, -0.2) is 4.98 Å². The molecule has 0 aromatic carbocycles. The monoisotopic (exact) mass is 190 g/mol. The van der Waals surface area contributed by atoms with Gasteiger partial charge in [-0.1, -0.05) is 32.1 Å². The number of aromatic nitrogens is 1. The van der Waals surface area contributed by atoms with E-state index in [4.69, 9.17) is 5.73 Å². The molecule has 0 spiro atoms. The molecule has 1 aromatic heterocycles. The summed E-state index contributed by atoms with van der Waals surface area (Å²) in [6.45, 7) is 6.41. The average Bonchev–Trinajstić information content (AvgIpc) is 2.15. The van der Waals surface area contributed by atoms with E-state index in [1.165, 1.54) is 0 Å². The molecule has 0 aliphatic rings. The second-order valence-electron chi connectivity index (χ2n) is 3.77. The normalized spacial score (nSPS) is 13.7. The Bertz CT molecular complexity index is 316. The summed E-state index contributed by atoms with van der Waals surface area (Å²) in [4.78, 5) is 4.11. The first kappa shape index (κ1) is 10.8.